The number of amides is 1. The van der Waals surface area contributed by atoms with Gasteiger partial charge in [0.2, 0.25) is 0 Å². The monoisotopic (exact) mass is 350 g/mol. The summed E-state index contributed by atoms with van der Waals surface area (Å²) < 4.78 is 11.1. The Labute approximate surface area is 149 Å². The normalized spacial score (nSPS) is 11.6. The van der Waals surface area contributed by atoms with Gasteiger partial charge in [0.25, 0.3) is 0 Å². The number of rotatable bonds is 7. The maximum atomic E-state index is 12.2. The van der Waals surface area contributed by atoms with E-state index in [9.17, 15) is 4.79 Å². The van der Waals surface area contributed by atoms with Crippen LogP contribution in [-0.4, -0.2) is 47.4 Å². The molecule has 0 N–H and O–H groups in total. The second-order valence-electron chi connectivity index (χ2n) is 6.52. The Morgan fingerprint density at radius 1 is 1.29 bits per heavy atom. The van der Waals surface area contributed by atoms with Gasteiger partial charge in [0, 0.05) is 17.6 Å². The van der Waals surface area contributed by atoms with Crippen molar-refractivity contribution >= 4 is 35.6 Å². The number of hydrogen-bond acceptors (Lipinski definition) is 5. The van der Waals surface area contributed by atoms with E-state index in [1.807, 2.05) is 58.9 Å². The van der Waals surface area contributed by atoms with E-state index in [1.54, 1.807) is 11.1 Å². The lowest BCUT2D eigenvalue weighted by Crippen LogP contribution is -2.43. The number of benzene rings is 1. The molecule has 0 aromatic heterocycles. The molecule has 1 aromatic carbocycles. The van der Waals surface area contributed by atoms with E-state index >= 15 is 0 Å². The molecule has 5 nitrogen and oxygen atoms in total. The van der Waals surface area contributed by atoms with Crippen molar-refractivity contribution in [2.24, 2.45) is 4.99 Å². The number of carbonyl (C=O) groups is 1. The number of carbonyl (C=O) groups excluding carboxylic acids is 1. The van der Waals surface area contributed by atoms with Gasteiger partial charge in [0.05, 0.1) is 12.2 Å². The molecule has 1 rings (SSSR count). The Balaban J connectivity index is 2.55. The standard InChI is InChI=1S/C18H26N2O3S/c1-14(2)20(17(21)23-18(3,4)5)11-12-22-16-8-6-15(7-9-16)19-10-13-24/h6-10,13-14H,11-12H2,1-5H3. The molecular weight excluding hydrogens is 324 g/mol. The van der Waals surface area contributed by atoms with Crippen LogP contribution < -0.4 is 4.74 Å². The molecule has 0 saturated heterocycles. The highest BCUT2D eigenvalue weighted by Crippen LogP contribution is 2.18. The first-order valence-corrected chi connectivity index (χ1v) is 8.40. The van der Waals surface area contributed by atoms with Crippen LogP contribution in [0.1, 0.15) is 34.6 Å². The predicted octanol–water partition coefficient (Wildman–Crippen LogP) is 4.41. The molecule has 0 aliphatic rings. The van der Waals surface area contributed by atoms with Crippen LogP contribution in [0.15, 0.2) is 29.3 Å². The molecular formula is C18H26N2O3S. The Morgan fingerprint density at radius 2 is 1.92 bits per heavy atom. The molecule has 6 heteroatoms. The number of hydrogen-bond donors (Lipinski definition) is 0. The molecule has 0 spiro atoms. The van der Waals surface area contributed by atoms with Crippen molar-refractivity contribution in [3.05, 3.63) is 24.3 Å². The maximum absolute atomic E-state index is 12.2. The van der Waals surface area contributed by atoms with Gasteiger partial charge in [-0.2, -0.15) is 0 Å². The topological polar surface area (TPSA) is 51.1 Å². The van der Waals surface area contributed by atoms with E-state index in [4.69, 9.17) is 21.7 Å². The molecule has 0 aliphatic carbocycles. The van der Waals surface area contributed by atoms with Crippen molar-refractivity contribution < 1.29 is 14.3 Å². The van der Waals surface area contributed by atoms with Gasteiger partial charge in [-0.3, -0.25) is 4.99 Å². The molecule has 0 radical (unpaired) electrons. The van der Waals surface area contributed by atoms with Gasteiger partial charge < -0.3 is 14.4 Å². The molecule has 1 amide bonds. The van der Waals surface area contributed by atoms with Gasteiger partial charge in [0.15, 0.2) is 0 Å². The Hall–Kier alpha value is -1.95. The summed E-state index contributed by atoms with van der Waals surface area (Å²) in [7, 11) is 0. The predicted molar refractivity (Wildman–Crippen MR) is 102 cm³/mol. The van der Waals surface area contributed by atoms with E-state index < -0.39 is 5.60 Å². The SMILES string of the molecule is CC(C)N(CCOc1ccc(N=CC=S)cc1)C(=O)OC(C)(C)C. The minimum Gasteiger partial charge on any atom is -0.492 e. The summed E-state index contributed by atoms with van der Waals surface area (Å²) in [5.74, 6) is 0.726. The first-order valence-electron chi connectivity index (χ1n) is 7.93. The molecule has 0 atom stereocenters. The van der Waals surface area contributed by atoms with Crippen molar-refractivity contribution in [1.29, 1.82) is 0 Å². The Bertz CT molecular complexity index is 563. The molecule has 0 bridgehead atoms. The second-order valence-corrected chi connectivity index (χ2v) is 6.80. The minimum absolute atomic E-state index is 0.0369. The smallest absolute Gasteiger partial charge is 0.410 e. The summed E-state index contributed by atoms with van der Waals surface area (Å²) in [6.07, 6.45) is 1.23. The van der Waals surface area contributed by atoms with Crippen LogP contribution in [0.3, 0.4) is 0 Å². The fourth-order valence-corrected chi connectivity index (χ4v) is 1.95. The quantitative estimate of drug-likeness (QED) is 0.540. The average molecular weight is 350 g/mol. The zero-order chi connectivity index (χ0) is 18.2. The Kier molecular flexibility index (Phi) is 7.85. The van der Waals surface area contributed by atoms with E-state index in [1.165, 1.54) is 5.37 Å². The fourth-order valence-electron chi connectivity index (χ4n) is 1.89. The highest BCUT2D eigenvalue weighted by atomic mass is 32.1. The molecule has 1 aromatic rings. The summed E-state index contributed by atoms with van der Waals surface area (Å²) in [4.78, 5) is 18.0. The lowest BCUT2D eigenvalue weighted by Gasteiger charge is -2.30. The average Bonchev–Trinajstić information content (AvgIpc) is 2.48. The first kappa shape index (κ1) is 20.1. The maximum Gasteiger partial charge on any atom is 0.410 e. The number of aliphatic imine (C=N–C) groups is 1. The third kappa shape index (κ3) is 7.55. The number of thiocarbonyl (C=S) groups is 1. The van der Waals surface area contributed by atoms with E-state index in [2.05, 4.69) is 4.99 Å². The van der Waals surface area contributed by atoms with Crippen LogP contribution in [0, 0.1) is 0 Å². The molecule has 0 aliphatic heterocycles. The molecule has 0 fully saturated rings. The van der Waals surface area contributed by atoms with E-state index in [0.717, 1.165) is 11.4 Å². The van der Waals surface area contributed by atoms with Crippen molar-refractivity contribution in [2.45, 2.75) is 46.3 Å². The molecule has 0 saturated carbocycles. The first-order chi connectivity index (χ1) is 11.2. The second kappa shape index (κ2) is 9.37. The van der Waals surface area contributed by atoms with Gasteiger partial charge in [-0.25, -0.2) is 4.79 Å². The van der Waals surface area contributed by atoms with Crippen LogP contribution >= 0.6 is 12.2 Å². The fraction of sp³-hybridized carbons (Fsp3) is 0.500. The lowest BCUT2D eigenvalue weighted by atomic mass is 10.2. The van der Waals surface area contributed by atoms with Gasteiger partial charge in [0.1, 0.15) is 18.0 Å². The summed E-state index contributed by atoms with van der Waals surface area (Å²) in [5, 5.41) is 1.46. The summed E-state index contributed by atoms with van der Waals surface area (Å²) >= 11 is 4.69. The molecule has 0 unspecified atom stereocenters. The third-order valence-electron chi connectivity index (χ3n) is 2.97. The van der Waals surface area contributed by atoms with Crippen molar-refractivity contribution in [2.75, 3.05) is 13.2 Å². The summed E-state index contributed by atoms with van der Waals surface area (Å²) in [6, 6.07) is 7.40. The molecule has 132 valence electrons. The van der Waals surface area contributed by atoms with Crippen LogP contribution in [0.5, 0.6) is 5.75 Å². The highest BCUT2D eigenvalue weighted by molar-refractivity contribution is 7.80. The van der Waals surface area contributed by atoms with Gasteiger partial charge in [-0.15, -0.1) is 0 Å². The lowest BCUT2D eigenvalue weighted by molar-refractivity contribution is 0.0164. The van der Waals surface area contributed by atoms with Crippen molar-refractivity contribution in [3.8, 4) is 5.75 Å². The Morgan fingerprint density at radius 3 is 2.42 bits per heavy atom. The van der Waals surface area contributed by atoms with Crippen molar-refractivity contribution in [3.63, 3.8) is 0 Å². The zero-order valence-electron chi connectivity index (χ0n) is 15.0. The van der Waals surface area contributed by atoms with Crippen LogP contribution in [0.4, 0.5) is 10.5 Å². The zero-order valence-corrected chi connectivity index (χ0v) is 15.8. The summed E-state index contributed by atoms with van der Waals surface area (Å²) in [6.45, 7) is 10.3. The van der Waals surface area contributed by atoms with Crippen LogP contribution in [-0.2, 0) is 4.74 Å². The molecule has 0 heterocycles. The van der Waals surface area contributed by atoms with Gasteiger partial charge in [-0.05, 0) is 58.9 Å². The van der Waals surface area contributed by atoms with E-state index in [-0.39, 0.29) is 12.1 Å². The molecule has 24 heavy (non-hydrogen) atoms. The minimum atomic E-state index is -0.510. The van der Waals surface area contributed by atoms with Crippen LogP contribution in [0.25, 0.3) is 0 Å². The van der Waals surface area contributed by atoms with Gasteiger partial charge >= 0.3 is 6.09 Å². The largest absolute Gasteiger partial charge is 0.492 e. The van der Waals surface area contributed by atoms with E-state index in [0.29, 0.717) is 13.2 Å². The number of ether oxygens (including phenoxy) is 2. The summed E-state index contributed by atoms with van der Waals surface area (Å²) in [5.41, 5.74) is 0.296. The number of nitrogens with zero attached hydrogens (tertiary/aromatic N) is 2. The highest BCUT2D eigenvalue weighted by Gasteiger charge is 2.23. The van der Waals surface area contributed by atoms with Gasteiger partial charge in [-0.1, -0.05) is 12.2 Å². The third-order valence-corrected chi connectivity index (χ3v) is 3.10. The van der Waals surface area contributed by atoms with Crippen LogP contribution in [0.2, 0.25) is 0 Å². The van der Waals surface area contributed by atoms with Crippen molar-refractivity contribution in [1.82, 2.24) is 4.90 Å².